The number of nitrogens with zero attached hydrogens (tertiary/aromatic N) is 2. The van der Waals surface area contributed by atoms with E-state index >= 15 is 0 Å². The molecule has 8 heteroatoms. The van der Waals surface area contributed by atoms with Crippen LogP contribution in [-0.4, -0.2) is 72.2 Å². The van der Waals surface area contributed by atoms with Crippen LogP contribution in [0, 0.1) is 5.92 Å². The second-order valence-electron chi connectivity index (χ2n) is 5.95. The van der Waals surface area contributed by atoms with Gasteiger partial charge in [0, 0.05) is 45.2 Å². The van der Waals surface area contributed by atoms with Gasteiger partial charge in [-0.2, -0.15) is 0 Å². The van der Waals surface area contributed by atoms with Gasteiger partial charge in [0.1, 0.15) is 0 Å². The predicted octanol–water partition coefficient (Wildman–Crippen LogP) is -1.68. The van der Waals surface area contributed by atoms with Crippen molar-refractivity contribution >= 4 is 23.6 Å². The number of carbonyl (C=O) groups is 4. The van der Waals surface area contributed by atoms with E-state index < -0.39 is 11.8 Å². The molecule has 0 aliphatic carbocycles. The monoisotopic (exact) mass is 310 g/mol. The molecule has 0 saturated carbocycles. The average molecular weight is 310 g/mol. The first-order valence-corrected chi connectivity index (χ1v) is 7.53. The van der Waals surface area contributed by atoms with Gasteiger partial charge in [0.25, 0.3) is 0 Å². The first-order chi connectivity index (χ1) is 10.4. The van der Waals surface area contributed by atoms with Crippen molar-refractivity contribution in [3.63, 3.8) is 0 Å². The Hall–Kier alpha value is -2.12. The summed E-state index contributed by atoms with van der Waals surface area (Å²) in [4.78, 5) is 50.2. The molecule has 122 valence electrons. The van der Waals surface area contributed by atoms with Gasteiger partial charge < -0.3 is 20.4 Å². The van der Waals surface area contributed by atoms with Crippen LogP contribution >= 0.6 is 0 Å². The highest BCUT2D eigenvalue weighted by atomic mass is 16.2. The van der Waals surface area contributed by atoms with E-state index in [1.165, 1.54) is 4.90 Å². The maximum Gasteiger partial charge on any atom is 0.312 e. The summed E-state index contributed by atoms with van der Waals surface area (Å²) < 4.78 is 0. The molecule has 2 aliphatic heterocycles. The molecule has 1 unspecified atom stereocenters. The fourth-order valence-corrected chi connectivity index (χ4v) is 2.64. The summed E-state index contributed by atoms with van der Waals surface area (Å²) in [5, 5.41) is 5.21. The molecule has 2 fully saturated rings. The maximum atomic E-state index is 12.3. The topological polar surface area (TPSA) is 98.8 Å². The van der Waals surface area contributed by atoms with Crippen molar-refractivity contribution in [2.45, 2.75) is 26.3 Å². The zero-order valence-corrected chi connectivity index (χ0v) is 12.9. The van der Waals surface area contributed by atoms with Gasteiger partial charge in [-0.3, -0.25) is 19.2 Å². The van der Waals surface area contributed by atoms with Crippen LogP contribution in [0.25, 0.3) is 0 Å². The minimum atomic E-state index is -0.611. The first-order valence-electron chi connectivity index (χ1n) is 7.53. The third kappa shape index (κ3) is 3.75. The van der Waals surface area contributed by atoms with Gasteiger partial charge in [-0.15, -0.1) is 0 Å². The van der Waals surface area contributed by atoms with E-state index in [9.17, 15) is 19.2 Å². The van der Waals surface area contributed by atoms with Crippen molar-refractivity contribution in [2.75, 3.05) is 32.7 Å². The van der Waals surface area contributed by atoms with Crippen LogP contribution in [0.4, 0.5) is 0 Å². The van der Waals surface area contributed by atoms with Gasteiger partial charge in [-0.1, -0.05) is 0 Å². The average Bonchev–Trinajstić information content (AvgIpc) is 2.91. The number of hydrogen-bond donors (Lipinski definition) is 2. The van der Waals surface area contributed by atoms with Crippen LogP contribution in [0.5, 0.6) is 0 Å². The summed E-state index contributed by atoms with van der Waals surface area (Å²) in [7, 11) is 0. The Morgan fingerprint density at radius 2 is 1.73 bits per heavy atom. The Kier molecular flexibility index (Phi) is 4.99. The van der Waals surface area contributed by atoms with Gasteiger partial charge in [0.15, 0.2) is 0 Å². The third-order valence-electron chi connectivity index (χ3n) is 3.82. The normalized spacial score (nSPS) is 21.8. The van der Waals surface area contributed by atoms with Crippen LogP contribution in [0.1, 0.15) is 20.3 Å². The quantitative estimate of drug-likeness (QED) is 0.595. The Balaban J connectivity index is 1.82. The standard InChI is InChI=1S/C14H22N4O4/c1-9(2)16-12(20)14(22)18-5-3-17(4-6-18)13(21)10-7-11(19)15-8-10/h9-10H,3-8H2,1-2H3,(H,15,19)(H,16,20). The van der Waals surface area contributed by atoms with E-state index in [4.69, 9.17) is 0 Å². The summed E-state index contributed by atoms with van der Waals surface area (Å²) >= 11 is 0. The minimum Gasteiger partial charge on any atom is -0.355 e. The summed E-state index contributed by atoms with van der Waals surface area (Å²) in [5.74, 6) is -1.63. The van der Waals surface area contributed by atoms with E-state index in [-0.39, 0.29) is 30.2 Å². The molecule has 0 aromatic heterocycles. The van der Waals surface area contributed by atoms with Gasteiger partial charge in [-0.05, 0) is 13.8 Å². The van der Waals surface area contributed by atoms with E-state index in [2.05, 4.69) is 10.6 Å². The Labute approximate surface area is 129 Å². The number of amides is 4. The summed E-state index contributed by atoms with van der Waals surface area (Å²) in [5.41, 5.74) is 0. The van der Waals surface area contributed by atoms with E-state index in [0.29, 0.717) is 32.7 Å². The third-order valence-corrected chi connectivity index (χ3v) is 3.82. The zero-order chi connectivity index (χ0) is 16.3. The lowest BCUT2D eigenvalue weighted by Crippen LogP contribution is -2.55. The fourth-order valence-electron chi connectivity index (χ4n) is 2.64. The molecule has 1 atom stereocenters. The molecule has 2 aliphatic rings. The molecule has 0 aromatic carbocycles. The van der Waals surface area contributed by atoms with E-state index in [0.717, 1.165) is 0 Å². The molecule has 0 radical (unpaired) electrons. The molecule has 2 rings (SSSR count). The molecule has 2 heterocycles. The lowest BCUT2D eigenvalue weighted by atomic mass is 10.1. The molecule has 2 N–H and O–H groups in total. The fraction of sp³-hybridized carbons (Fsp3) is 0.714. The lowest BCUT2D eigenvalue weighted by Gasteiger charge is -2.35. The number of hydrogen-bond acceptors (Lipinski definition) is 4. The predicted molar refractivity (Wildman–Crippen MR) is 77.6 cm³/mol. The second-order valence-corrected chi connectivity index (χ2v) is 5.95. The smallest absolute Gasteiger partial charge is 0.312 e. The lowest BCUT2D eigenvalue weighted by molar-refractivity contribution is -0.149. The zero-order valence-electron chi connectivity index (χ0n) is 12.9. The number of carbonyl (C=O) groups excluding carboxylic acids is 4. The highest BCUT2D eigenvalue weighted by Crippen LogP contribution is 2.14. The molecule has 0 bridgehead atoms. The van der Waals surface area contributed by atoms with Gasteiger partial charge in [-0.25, -0.2) is 0 Å². The van der Waals surface area contributed by atoms with Crippen LogP contribution in [0.15, 0.2) is 0 Å². The SMILES string of the molecule is CC(C)NC(=O)C(=O)N1CCN(C(=O)C2CNC(=O)C2)CC1. The largest absolute Gasteiger partial charge is 0.355 e. The van der Waals surface area contributed by atoms with Crippen LogP contribution in [0.2, 0.25) is 0 Å². The van der Waals surface area contributed by atoms with E-state index in [1.54, 1.807) is 18.7 Å². The number of nitrogens with one attached hydrogen (secondary N) is 2. The highest BCUT2D eigenvalue weighted by Gasteiger charge is 2.34. The molecule has 8 nitrogen and oxygen atoms in total. The van der Waals surface area contributed by atoms with Crippen molar-refractivity contribution in [1.82, 2.24) is 20.4 Å². The number of piperazine rings is 1. The molecule has 2 saturated heterocycles. The van der Waals surface area contributed by atoms with Crippen LogP contribution in [-0.2, 0) is 19.2 Å². The Morgan fingerprint density at radius 3 is 2.23 bits per heavy atom. The van der Waals surface area contributed by atoms with Gasteiger partial charge in [0.05, 0.1) is 5.92 Å². The summed E-state index contributed by atoms with van der Waals surface area (Å²) in [6.07, 6.45) is 0.231. The first kappa shape index (κ1) is 16.3. The maximum absolute atomic E-state index is 12.3. The van der Waals surface area contributed by atoms with E-state index in [1.807, 2.05) is 0 Å². The van der Waals surface area contributed by atoms with Crippen molar-refractivity contribution in [3.8, 4) is 0 Å². The van der Waals surface area contributed by atoms with Crippen molar-refractivity contribution < 1.29 is 19.2 Å². The van der Waals surface area contributed by atoms with Crippen LogP contribution < -0.4 is 10.6 Å². The molecular formula is C14H22N4O4. The molecule has 0 aromatic rings. The Morgan fingerprint density at radius 1 is 1.14 bits per heavy atom. The minimum absolute atomic E-state index is 0.0583. The van der Waals surface area contributed by atoms with Crippen molar-refractivity contribution in [3.05, 3.63) is 0 Å². The Bertz CT molecular complexity index is 483. The van der Waals surface area contributed by atoms with Crippen molar-refractivity contribution in [1.29, 1.82) is 0 Å². The molecule has 4 amide bonds. The number of rotatable bonds is 2. The van der Waals surface area contributed by atoms with Gasteiger partial charge >= 0.3 is 11.8 Å². The second kappa shape index (κ2) is 6.76. The van der Waals surface area contributed by atoms with Gasteiger partial charge in [0.2, 0.25) is 11.8 Å². The molecule has 0 spiro atoms. The highest BCUT2D eigenvalue weighted by molar-refractivity contribution is 6.35. The molecule has 22 heavy (non-hydrogen) atoms. The van der Waals surface area contributed by atoms with Crippen molar-refractivity contribution in [2.24, 2.45) is 5.92 Å². The van der Waals surface area contributed by atoms with Crippen LogP contribution in [0.3, 0.4) is 0 Å². The summed E-state index contributed by atoms with van der Waals surface area (Å²) in [6, 6.07) is -0.0910. The molecular weight excluding hydrogens is 288 g/mol. The summed E-state index contributed by atoms with van der Waals surface area (Å²) in [6.45, 7) is 5.42.